The smallest absolute Gasteiger partial charge is 0.338 e. The first-order valence-corrected chi connectivity index (χ1v) is 11.2. The highest BCUT2D eigenvalue weighted by Crippen LogP contribution is 2.48. The van der Waals surface area contributed by atoms with Crippen LogP contribution >= 0.6 is 0 Å². The maximum atomic E-state index is 14.2. The molecule has 2 aliphatic rings. The number of anilines is 2. The number of halogens is 1. The maximum absolute atomic E-state index is 14.2. The molecule has 3 atom stereocenters. The zero-order chi connectivity index (χ0) is 23.8. The van der Waals surface area contributed by atoms with Crippen LogP contribution in [-0.4, -0.2) is 30.4 Å². The lowest BCUT2D eigenvalue weighted by Gasteiger charge is -2.29. The zero-order valence-electron chi connectivity index (χ0n) is 18.9. The van der Waals surface area contributed by atoms with Gasteiger partial charge in [-0.25, -0.2) is 9.18 Å². The minimum atomic E-state index is -1.34. The fourth-order valence-electron chi connectivity index (χ4n) is 4.89. The first-order valence-electron chi connectivity index (χ1n) is 11.2. The Morgan fingerprint density at radius 2 is 1.94 bits per heavy atom. The molecule has 2 amide bonds. The fraction of sp³-hybridized carbons (Fsp3) is 0.400. The van der Waals surface area contributed by atoms with E-state index < -0.39 is 23.2 Å². The van der Waals surface area contributed by atoms with E-state index in [1.807, 2.05) is 0 Å². The fourth-order valence-corrected chi connectivity index (χ4v) is 4.89. The van der Waals surface area contributed by atoms with Gasteiger partial charge in [0.1, 0.15) is 11.4 Å². The predicted octanol–water partition coefficient (Wildman–Crippen LogP) is 3.81. The molecule has 0 unspecified atom stereocenters. The molecule has 2 aromatic carbocycles. The van der Waals surface area contributed by atoms with Gasteiger partial charge in [0.05, 0.1) is 18.1 Å². The molecule has 2 aliphatic heterocycles. The highest BCUT2D eigenvalue weighted by molar-refractivity contribution is 6.10. The number of carbonyl (C=O) groups is 3. The van der Waals surface area contributed by atoms with Crippen molar-refractivity contribution in [1.29, 1.82) is 0 Å². The molecule has 0 saturated carbocycles. The van der Waals surface area contributed by atoms with E-state index in [0.29, 0.717) is 34.8 Å². The van der Waals surface area contributed by atoms with E-state index in [0.717, 1.165) is 6.42 Å². The van der Waals surface area contributed by atoms with Crippen molar-refractivity contribution in [2.75, 3.05) is 17.2 Å². The number of amides is 2. The highest BCUT2D eigenvalue weighted by atomic mass is 19.1. The van der Waals surface area contributed by atoms with Gasteiger partial charge >= 0.3 is 5.97 Å². The Hall–Kier alpha value is -3.26. The Morgan fingerprint density at radius 3 is 2.61 bits per heavy atom. The second-order valence-electron chi connectivity index (χ2n) is 9.00. The molecule has 7 nitrogen and oxygen atoms in total. The highest BCUT2D eigenvalue weighted by Gasteiger charge is 2.60. The van der Waals surface area contributed by atoms with Crippen molar-refractivity contribution < 1.29 is 23.5 Å². The third-order valence-corrected chi connectivity index (χ3v) is 6.22. The summed E-state index contributed by atoms with van der Waals surface area (Å²) < 4.78 is 19.1. The van der Waals surface area contributed by atoms with Gasteiger partial charge in [0.25, 0.3) is 0 Å². The minimum absolute atomic E-state index is 0.0769. The average Bonchev–Trinajstić information content (AvgIpc) is 3.27. The minimum Gasteiger partial charge on any atom is -0.462 e. The summed E-state index contributed by atoms with van der Waals surface area (Å²) in [5, 5.41) is 9.07. The molecule has 2 aromatic rings. The van der Waals surface area contributed by atoms with E-state index in [4.69, 9.17) is 4.74 Å². The summed E-state index contributed by atoms with van der Waals surface area (Å²) in [6, 6.07) is 10.4. The van der Waals surface area contributed by atoms with Gasteiger partial charge in [-0.2, -0.15) is 0 Å². The van der Waals surface area contributed by atoms with Gasteiger partial charge in [-0.1, -0.05) is 13.8 Å². The Kier molecular flexibility index (Phi) is 6.21. The van der Waals surface area contributed by atoms with Crippen molar-refractivity contribution in [2.24, 2.45) is 11.8 Å². The topological polar surface area (TPSA) is 96.5 Å². The van der Waals surface area contributed by atoms with Crippen LogP contribution < -0.4 is 16.0 Å². The molecule has 0 bridgehead atoms. The predicted molar refractivity (Wildman–Crippen MR) is 122 cm³/mol. The van der Waals surface area contributed by atoms with Crippen LogP contribution in [0.4, 0.5) is 15.8 Å². The van der Waals surface area contributed by atoms with E-state index >= 15 is 0 Å². The number of hydrogen-bond acceptors (Lipinski definition) is 5. The summed E-state index contributed by atoms with van der Waals surface area (Å²) in [6.45, 7) is 6.16. The molecule has 2 heterocycles. The van der Waals surface area contributed by atoms with E-state index in [1.54, 1.807) is 31.2 Å². The van der Waals surface area contributed by atoms with Crippen molar-refractivity contribution >= 4 is 29.2 Å². The molecule has 0 aliphatic carbocycles. The summed E-state index contributed by atoms with van der Waals surface area (Å²) in [5.74, 6) is -1.99. The van der Waals surface area contributed by atoms with E-state index in [-0.39, 0.29) is 24.5 Å². The number of carbonyl (C=O) groups excluding carboxylic acids is 3. The molecule has 4 rings (SSSR count). The normalized spacial score (nSPS) is 23.5. The van der Waals surface area contributed by atoms with Gasteiger partial charge in [0.2, 0.25) is 11.8 Å². The number of nitrogens with one attached hydrogen (secondary N) is 3. The standard InChI is InChI=1S/C25H28FN3O4/c1-4-33-23(31)15-5-8-17(9-6-15)27-22(30)20-13-18(11-14(2)3)29-25(20)19-12-16(26)7-10-21(19)28-24(25)32/h5-10,12,14,18,20,29H,4,11,13H2,1-3H3,(H,27,30)(H,28,32)/t18-,20+,25-/m1/s1. The lowest BCUT2D eigenvalue weighted by atomic mass is 9.79. The van der Waals surface area contributed by atoms with Gasteiger partial charge in [-0.15, -0.1) is 0 Å². The van der Waals surface area contributed by atoms with Crippen molar-refractivity contribution in [1.82, 2.24) is 5.32 Å². The molecule has 1 saturated heterocycles. The van der Waals surface area contributed by atoms with Gasteiger partial charge < -0.3 is 15.4 Å². The Labute approximate surface area is 192 Å². The van der Waals surface area contributed by atoms with Gasteiger partial charge in [0, 0.05) is 23.0 Å². The number of rotatable bonds is 6. The monoisotopic (exact) mass is 453 g/mol. The quantitative estimate of drug-likeness (QED) is 0.578. The third kappa shape index (κ3) is 4.23. The molecule has 3 N–H and O–H groups in total. The number of ether oxygens (including phenoxy) is 1. The number of benzene rings is 2. The molecule has 8 heteroatoms. The SMILES string of the molecule is CCOC(=O)c1ccc(NC(=O)[C@@H]2C[C@@H](CC(C)C)N[C@@]23C(=O)Nc2ccc(F)cc23)cc1. The first-order chi connectivity index (χ1) is 15.7. The van der Waals surface area contributed by atoms with Crippen molar-refractivity contribution in [2.45, 2.75) is 45.2 Å². The van der Waals surface area contributed by atoms with E-state index in [9.17, 15) is 18.8 Å². The van der Waals surface area contributed by atoms with Crippen molar-refractivity contribution in [3.8, 4) is 0 Å². The third-order valence-electron chi connectivity index (χ3n) is 6.22. The van der Waals surface area contributed by atoms with Crippen LogP contribution in [0.25, 0.3) is 0 Å². The maximum Gasteiger partial charge on any atom is 0.338 e. The van der Waals surface area contributed by atoms with E-state index in [1.165, 1.54) is 18.2 Å². The molecule has 33 heavy (non-hydrogen) atoms. The molecule has 1 fully saturated rings. The van der Waals surface area contributed by atoms with Crippen LogP contribution in [-0.2, 0) is 19.9 Å². The largest absolute Gasteiger partial charge is 0.462 e. The summed E-state index contributed by atoms with van der Waals surface area (Å²) >= 11 is 0. The molecule has 1 spiro atoms. The lowest BCUT2D eigenvalue weighted by molar-refractivity contribution is -0.130. The number of esters is 1. The molecular weight excluding hydrogens is 425 g/mol. The Bertz CT molecular complexity index is 1090. The average molecular weight is 454 g/mol. The lowest BCUT2D eigenvalue weighted by Crippen LogP contribution is -2.52. The number of fused-ring (bicyclic) bond motifs is 2. The summed E-state index contributed by atoms with van der Waals surface area (Å²) in [5.41, 5.74) is 0.498. The molecule has 174 valence electrons. The van der Waals surface area contributed by atoms with Crippen LogP contribution in [0.15, 0.2) is 42.5 Å². The molecule has 0 radical (unpaired) electrons. The number of hydrogen-bond donors (Lipinski definition) is 3. The molecular formula is C25H28FN3O4. The first kappa shape index (κ1) is 22.9. The van der Waals surface area contributed by atoms with Crippen LogP contribution in [0.1, 0.15) is 49.5 Å². The van der Waals surface area contributed by atoms with Gasteiger partial charge in [-0.3, -0.25) is 14.9 Å². The van der Waals surface area contributed by atoms with Crippen LogP contribution in [0.3, 0.4) is 0 Å². The summed E-state index contributed by atoms with van der Waals surface area (Å²) in [4.78, 5) is 38.5. The Morgan fingerprint density at radius 1 is 1.21 bits per heavy atom. The second kappa shape index (κ2) is 8.94. The zero-order valence-corrected chi connectivity index (χ0v) is 18.9. The second-order valence-corrected chi connectivity index (χ2v) is 9.00. The Balaban J connectivity index is 1.63. The van der Waals surface area contributed by atoms with Crippen molar-refractivity contribution in [3.05, 3.63) is 59.4 Å². The van der Waals surface area contributed by atoms with Crippen LogP contribution in [0.5, 0.6) is 0 Å². The van der Waals surface area contributed by atoms with Crippen molar-refractivity contribution in [3.63, 3.8) is 0 Å². The molecule has 0 aromatic heterocycles. The van der Waals surface area contributed by atoms with Crippen LogP contribution in [0.2, 0.25) is 0 Å². The van der Waals surface area contributed by atoms with Gasteiger partial charge in [0.15, 0.2) is 0 Å². The summed E-state index contributed by atoms with van der Waals surface area (Å²) in [7, 11) is 0. The van der Waals surface area contributed by atoms with Crippen LogP contribution in [0, 0.1) is 17.7 Å². The van der Waals surface area contributed by atoms with Gasteiger partial charge in [-0.05, 0) is 68.1 Å². The summed E-state index contributed by atoms with van der Waals surface area (Å²) in [6.07, 6.45) is 1.21. The van der Waals surface area contributed by atoms with E-state index in [2.05, 4.69) is 29.8 Å².